The second kappa shape index (κ2) is 26.9. The number of ether oxygens (including phenoxy) is 6. The molecule has 8 heteroatoms. The van der Waals surface area contributed by atoms with Gasteiger partial charge in [0.25, 0.3) is 0 Å². The van der Waals surface area contributed by atoms with E-state index in [1.54, 1.807) is 6.92 Å². The van der Waals surface area contributed by atoms with Crippen molar-refractivity contribution >= 4 is 5.97 Å². The highest BCUT2D eigenvalue weighted by atomic mass is 16.6. The molecule has 0 spiro atoms. The Hall–Kier alpha value is -1.03. The van der Waals surface area contributed by atoms with Gasteiger partial charge in [0.2, 0.25) is 0 Å². The SMILES string of the molecule is CCCCCCCC/C=C\CCCCCCCC(=O)OC(C)CCOC(C)(C)CC(C1OCC(C(C)(C)OCC(C)O)C1C(C)(C)OCC)C(C)(C)OCC. The highest BCUT2D eigenvalue weighted by molar-refractivity contribution is 5.69. The number of aliphatic hydroxyl groups excluding tert-OH is 1. The molecule has 0 radical (unpaired) electrons. The van der Waals surface area contributed by atoms with Crippen molar-refractivity contribution in [1.29, 1.82) is 0 Å². The normalized spacial score (nSPS) is 20.3. The first-order valence-electron chi connectivity index (χ1n) is 22.5. The summed E-state index contributed by atoms with van der Waals surface area (Å²) in [7, 11) is 0. The van der Waals surface area contributed by atoms with Gasteiger partial charge in [0.05, 0.1) is 54.4 Å². The molecular formula is C47H90O8. The van der Waals surface area contributed by atoms with E-state index in [9.17, 15) is 9.90 Å². The van der Waals surface area contributed by atoms with Crippen LogP contribution in [0.25, 0.3) is 0 Å². The summed E-state index contributed by atoms with van der Waals surface area (Å²) < 4.78 is 38.4. The molecule has 6 atom stereocenters. The maximum absolute atomic E-state index is 12.6. The smallest absolute Gasteiger partial charge is 0.306 e. The van der Waals surface area contributed by atoms with Crippen LogP contribution in [0.1, 0.15) is 193 Å². The maximum Gasteiger partial charge on any atom is 0.306 e. The van der Waals surface area contributed by atoms with Crippen LogP contribution in [0.4, 0.5) is 0 Å². The molecule has 1 heterocycles. The monoisotopic (exact) mass is 783 g/mol. The Morgan fingerprint density at radius 1 is 0.745 bits per heavy atom. The number of carbonyl (C=O) groups is 1. The molecule has 326 valence electrons. The van der Waals surface area contributed by atoms with E-state index in [2.05, 4.69) is 74.5 Å². The molecule has 0 aromatic carbocycles. The van der Waals surface area contributed by atoms with Crippen LogP contribution in [0.15, 0.2) is 12.2 Å². The number of aliphatic hydroxyl groups is 1. The van der Waals surface area contributed by atoms with Gasteiger partial charge < -0.3 is 33.5 Å². The van der Waals surface area contributed by atoms with Crippen LogP contribution in [0.3, 0.4) is 0 Å². The molecule has 8 nitrogen and oxygen atoms in total. The number of hydrogen-bond acceptors (Lipinski definition) is 8. The van der Waals surface area contributed by atoms with Crippen LogP contribution in [0.2, 0.25) is 0 Å². The molecule has 6 unspecified atom stereocenters. The maximum atomic E-state index is 12.6. The highest BCUT2D eigenvalue weighted by Gasteiger charge is 2.57. The fourth-order valence-corrected chi connectivity index (χ4v) is 8.45. The minimum Gasteiger partial charge on any atom is -0.463 e. The summed E-state index contributed by atoms with van der Waals surface area (Å²) in [5.41, 5.74) is -2.05. The number of esters is 1. The first kappa shape index (κ1) is 52.0. The fraction of sp³-hybridized carbons (Fsp3) is 0.936. The fourth-order valence-electron chi connectivity index (χ4n) is 8.45. The van der Waals surface area contributed by atoms with E-state index < -0.39 is 28.5 Å². The van der Waals surface area contributed by atoms with Gasteiger partial charge in [-0.2, -0.15) is 0 Å². The lowest BCUT2D eigenvalue weighted by atomic mass is 9.65. The zero-order valence-electron chi connectivity index (χ0n) is 38.3. The quantitative estimate of drug-likeness (QED) is 0.0400. The predicted octanol–water partition coefficient (Wildman–Crippen LogP) is 11.6. The van der Waals surface area contributed by atoms with Crippen LogP contribution < -0.4 is 0 Å². The molecule has 1 aliphatic heterocycles. The molecule has 1 rings (SSSR count). The van der Waals surface area contributed by atoms with Crippen LogP contribution in [-0.4, -0.2) is 84.8 Å². The van der Waals surface area contributed by atoms with Crippen molar-refractivity contribution < 1.29 is 38.3 Å². The van der Waals surface area contributed by atoms with Gasteiger partial charge in [-0.3, -0.25) is 4.79 Å². The molecule has 1 fully saturated rings. The van der Waals surface area contributed by atoms with Crippen molar-refractivity contribution in [2.75, 3.05) is 33.0 Å². The van der Waals surface area contributed by atoms with Gasteiger partial charge in [-0.15, -0.1) is 0 Å². The Labute approximate surface area is 339 Å². The molecule has 0 aromatic rings. The second-order valence-corrected chi connectivity index (χ2v) is 18.6. The van der Waals surface area contributed by atoms with Crippen molar-refractivity contribution in [3.05, 3.63) is 12.2 Å². The van der Waals surface area contributed by atoms with Gasteiger partial charge in [-0.25, -0.2) is 0 Å². The minimum absolute atomic E-state index is 0.00175. The predicted molar refractivity (Wildman–Crippen MR) is 228 cm³/mol. The number of carbonyl (C=O) groups excluding carboxylic acids is 1. The number of hydrogen-bond donors (Lipinski definition) is 1. The summed E-state index contributed by atoms with van der Waals surface area (Å²) in [5.74, 6) is -0.104. The third kappa shape index (κ3) is 21.0. The summed E-state index contributed by atoms with van der Waals surface area (Å²) >= 11 is 0. The molecule has 0 aliphatic carbocycles. The Bertz CT molecular complexity index is 1020. The molecule has 1 aliphatic rings. The molecule has 1 saturated heterocycles. The van der Waals surface area contributed by atoms with Gasteiger partial charge >= 0.3 is 5.97 Å². The number of unbranched alkanes of at least 4 members (excludes halogenated alkanes) is 11. The largest absolute Gasteiger partial charge is 0.463 e. The minimum atomic E-state index is -0.554. The Kier molecular flexibility index (Phi) is 25.4. The standard InChI is InChI=1S/C47H90O8/c1-14-17-18-19-20-21-22-23-24-25-26-27-28-29-30-31-41(49)55-38(5)32-33-53-44(6,7)34-39(45(8,9)51-15-2)43-42(47(12,13)52-16-3)40(36-50-43)46(10,11)54-35-37(4)48/h23-24,37-40,42-43,48H,14-22,25-36H2,1-13H3/b24-23-. The summed E-state index contributed by atoms with van der Waals surface area (Å²) in [6, 6.07) is 0. The summed E-state index contributed by atoms with van der Waals surface area (Å²) in [6.45, 7) is 29.6. The van der Waals surface area contributed by atoms with E-state index in [-0.39, 0.29) is 42.5 Å². The molecule has 0 bridgehead atoms. The Balaban J connectivity index is 2.67. The average Bonchev–Trinajstić information content (AvgIpc) is 3.55. The molecular weight excluding hydrogens is 693 g/mol. The van der Waals surface area contributed by atoms with Crippen LogP contribution >= 0.6 is 0 Å². The summed E-state index contributed by atoms with van der Waals surface area (Å²) in [4.78, 5) is 12.6. The zero-order chi connectivity index (χ0) is 41.5. The van der Waals surface area contributed by atoms with E-state index in [1.165, 1.54) is 70.6 Å². The lowest BCUT2D eigenvalue weighted by Crippen LogP contribution is -2.55. The number of rotatable bonds is 33. The zero-order valence-corrected chi connectivity index (χ0v) is 38.3. The summed E-state index contributed by atoms with van der Waals surface area (Å²) in [5, 5.41) is 10.0. The van der Waals surface area contributed by atoms with Crippen LogP contribution in [0, 0.1) is 17.8 Å². The van der Waals surface area contributed by atoms with Crippen LogP contribution in [0.5, 0.6) is 0 Å². The van der Waals surface area contributed by atoms with E-state index >= 15 is 0 Å². The van der Waals surface area contributed by atoms with Crippen molar-refractivity contribution in [1.82, 2.24) is 0 Å². The molecule has 1 N–H and O–H groups in total. The molecule has 0 amide bonds. The average molecular weight is 783 g/mol. The van der Waals surface area contributed by atoms with Gasteiger partial charge in [0.1, 0.15) is 6.10 Å². The van der Waals surface area contributed by atoms with Gasteiger partial charge in [0.15, 0.2) is 0 Å². The topological polar surface area (TPSA) is 92.7 Å². The lowest BCUT2D eigenvalue weighted by Gasteiger charge is -2.48. The van der Waals surface area contributed by atoms with Gasteiger partial charge in [-0.05, 0) is 122 Å². The Morgan fingerprint density at radius 2 is 1.31 bits per heavy atom. The first-order chi connectivity index (χ1) is 25.8. The third-order valence-electron chi connectivity index (χ3n) is 11.7. The summed E-state index contributed by atoms with van der Waals surface area (Å²) in [6.07, 6.45) is 21.7. The van der Waals surface area contributed by atoms with Crippen molar-refractivity contribution in [3.8, 4) is 0 Å². The van der Waals surface area contributed by atoms with Crippen LogP contribution in [-0.2, 0) is 33.2 Å². The lowest BCUT2D eigenvalue weighted by molar-refractivity contribution is -0.168. The number of allylic oxidation sites excluding steroid dienone is 2. The first-order valence-corrected chi connectivity index (χ1v) is 22.5. The van der Waals surface area contributed by atoms with E-state index in [0.29, 0.717) is 45.7 Å². The molecule has 55 heavy (non-hydrogen) atoms. The highest BCUT2D eigenvalue weighted by Crippen LogP contribution is 2.50. The van der Waals surface area contributed by atoms with E-state index in [1.807, 2.05) is 20.8 Å². The van der Waals surface area contributed by atoms with Gasteiger partial charge in [-0.1, -0.05) is 70.4 Å². The molecule has 0 aromatic heterocycles. The second-order valence-electron chi connectivity index (χ2n) is 18.6. The van der Waals surface area contributed by atoms with E-state index in [4.69, 9.17) is 28.4 Å². The van der Waals surface area contributed by atoms with Crippen molar-refractivity contribution in [2.24, 2.45) is 17.8 Å². The third-order valence-corrected chi connectivity index (χ3v) is 11.7. The van der Waals surface area contributed by atoms with Gasteiger partial charge in [0, 0.05) is 43.8 Å². The molecule has 0 saturated carbocycles. The van der Waals surface area contributed by atoms with Crippen molar-refractivity contribution in [3.63, 3.8) is 0 Å². The Morgan fingerprint density at radius 3 is 1.87 bits per heavy atom. The van der Waals surface area contributed by atoms with E-state index in [0.717, 1.165) is 12.8 Å². The van der Waals surface area contributed by atoms with Crippen molar-refractivity contribution in [2.45, 2.75) is 233 Å².